The van der Waals surface area contributed by atoms with Crippen LogP contribution in [0, 0.1) is 0 Å². The highest BCUT2D eigenvalue weighted by molar-refractivity contribution is 5.61. The van der Waals surface area contributed by atoms with Crippen LogP contribution in [0.1, 0.15) is 13.8 Å². The molecule has 1 rings (SSSR count). The Kier molecular flexibility index (Phi) is 6.58. The lowest BCUT2D eigenvalue weighted by atomic mass is 10.4. The van der Waals surface area contributed by atoms with E-state index in [1.54, 1.807) is 30.6 Å². The predicted octanol–water partition coefficient (Wildman–Crippen LogP) is 3.50. The zero-order valence-corrected chi connectivity index (χ0v) is 10.4. The van der Waals surface area contributed by atoms with Crippen molar-refractivity contribution < 1.29 is 9.47 Å². The fourth-order valence-electron chi connectivity index (χ4n) is 0.967. The first-order chi connectivity index (χ1) is 8.86. The molecule has 5 heteroatoms. The number of aliphatic imine (C=N–C) groups is 2. The molecule has 1 aromatic heterocycles. The third-order valence-electron chi connectivity index (χ3n) is 1.66. The summed E-state index contributed by atoms with van der Waals surface area (Å²) in [6.45, 7) is 3.71. The molecule has 1 aromatic rings. The zero-order valence-electron chi connectivity index (χ0n) is 10.4. The van der Waals surface area contributed by atoms with E-state index >= 15 is 0 Å². The maximum Gasteiger partial charge on any atom is 0.180 e. The molecule has 0 aliphatic heterocycles. The van der Waals surface area contributed by atoms with Gasteiger partial charge >= 0.3 is 0 Å². The highest BCUT2D eigenvalue weighted by Gasteiger charge is 1.92. The minimum absolute atomic E-state index is 0.653. The Hall–Kier alpha value is -2.43. The minimum Gasteiger partial charge on any atom is -0.454 e. The number of rotatable bonds is 6. The Labute approximate surface area is 106 Å². The molecule has 0 N–H and O–H groups in total. The summed E-state index contributed by atoms with van der Waals surface area (Å²) < 4.78 is 9.93. The summed E-state index contributed by atoms with van der Waals surface area (Å²) in [5.41, 5.74) is 1.31. The van der Waals surface area contributed by atoms with E-state index in [1.165, 1.54) is 25.3 Å². The Morgan fingerprint density at radius 2 is 1.44 bits per heavy atom. The molecule has 0 saturated heterocycles. The SMILES string of the molecule is C/C=C\OC=Nc1cncc(N=CO/C=C\C)c1. The molecule has 0 bridgehead atoms. The molecule has 0 aliphatic carbocycles. The molecule has 0 unspecified atom stereocenters. The molecule has 0 atom stereocenters. The molecule has 94 valence electrons. The van der Waals surface area contributed by atoms with E-state index in [9.17, 15) is 0 Å². The smallest absolute Gasteiger partial charge is 0.180 e. The lowest BCUT2D eigenvalue weighted by molar-refractivity contribution is 0.493. The standard InChI is InChI=1S/C13H15N3O2/c1-3-5-17-10-15-12-7-13(9-14-8-12)16-11-18-6-4-2/h3-11H,1-2H3/b5-3-,6-4-,15-10?,16-11?. The summed E-state index contributed by atoms with van der Waals surface area (Å²) in [5.74, 6) is 0. The van der Waals surface area contributed by atoms with Gasteiger partial charge in [-0.3, -0.25) is 4.98 Å². The number of allylic oxidation sites excluding steroid dienone is 2. The van der Waals surface area contributed by atoms with Crippen molar-refractivity contribution in [2.75, 3.05) is 0 Å². The van der Waals surface area contributed by atoms with Crippen molar-refractivity contribution in [1.82, 2.24) is 4.98 Å². The summed E-state index contributed by atoms with van der Waals surface area (Å²) in [7, 11) is 0. The maximum absolute atomic E-state index is 4.97. The van der Waals surface area contributed by atoms with Crippen LogP contribution in [-0.4, -0.2) is 17.8 Å². The van der Waals surface area contributed by atoms with E-state index < -0.39 is 0 Å². The third kappa shape index (κ3) is 5.60. The Morgan fingerprint density at radius 1 is 0.944 bits per heavy atom. The monoisotopic (exact) mass is 245 g/mol. The summed E-state index contributed by atoms with van der Waals surface area (Å²) in [4.78, 5) is 12.1. The van der Waals surface area contributed by atoms with Crippen LogP contribution in [0.2, 0.25) is 0 Å². The van der Waals surface area contributed by atoms with Gasteiger partial charge in [0.15, 0.2) is 12.8 Å². The molecular weight excluding hydrogens is 230 g/mol. The second-order valence-electron chi connectivity index (χ2n) is 3.08. The van der Waals surface area contributed by atoms with Crippen LogP contribution in [0.15, 0.2) is 53.1 Å². The molecule has 18 heavy (non-hydrogen) atoms. The van der Waals surface area contributed by atoms with Crippen molar-refractivity contribution in [2.45, 2.75) is 13.8 Å². The van der Waals surface area contributed by atoms with Crippen LogP contribution < -0.4 is 0 Å². The van der Waals surface area contributed by atoms with Crippen molar-refractivity contribution in [1.29, 1.82) is 0 Å². The van der Waals surface area contributed by atoms with Crippen LogP contribution in [0.25, 0.3) is 0 Å². The van der Waals surface area contributed by atoms with Gasteiger partial charge in [-0.15, -0.1) is 0 Å². The summed E-state index contributed by atoms with van der Waals surface area (Å²) in [5, 5.41) is 0. The van der Waals surface area contributed by atoms with Crippen molar-refractivity contribution in [3.05, 3.63) is 43.1 Å². The topological polar surface area (TPSA) is 56.1 Å². The summed E-state index contributed by atoms with van der Waals surface area (Å²) in [6, 6.07) is 1.76. The van der Waals surface area contributed by atoms with Crippen molar-refractivity contribution in [3.8, 4) is 0 Å². The average molecular weight is 245 g/mol. The lowest BCUT2D eigenvalue weighted by Gasteiger charge is -1.95. The number of aromatic nitrogens is 1. The van der Waals surface area contributed by atoms with Gasteiger partial charge in [-0.25, -0.2) is 9.98 Å². The first-order valence-corrected chi connectivity index (χ1v) is 5.40. The summed E-state index contributed by atoms with van der Waals surface area (Å²) in [6.07, 6.45) is 12.5. The molecule has 0 saturated carbocycles. The van der Waals surface area contributed by atoms with E-state index in [0.717, 1.165) is 0 Å². The molecule has 0 aliphatic rings. The van der Waals surface area contributed by atoms with Crippen LogP contribution in [0.5, 0.6) is 0 Å². The quantitative estimate of drug-likeness (QED) is 0.438. The number of hydrogen-bond acceptors (Lipinski definition) is 5. The Balaban J connectivity index is 2.61. The zero-order chi connectivity index (χ0) is 13.1. The largest absolute Gasteiger partial charge is 0.454 e. The molecular formula is C13H15N3O2. The normalized spacial score (nSPS) is 12.1. The van der Waals surface area contributed by atoms with E-state index in [1.807, 2.05) is 13.8 Å². The predicted molar refractivity (Wildman–Crippen MR) is 72.3 cm³/mol. The fourth-order valence-corrected chi connectivity index (χ4v) is 0.967. The molecule has 0 amide bonds. The van der Waals surface area contributed by atoms with Gasteiger partial charge in [0, 0.05) is 0 Å². The summed E-state index contributed by atoms with van der Waals surface area (Å²) >= 11 is 0. The molecule has 5 nitrogen and oxygen atoms in total. The Bertz CT molecular complexity index is 426. The van der Waals surface area contributed by atoms with Crippen LogP contribution in [0.4, 0.5) is 11.4 Å². The molecule has 0 aromatic carbocycles. The number of ether oxygens (including phenoxy) is 2. The van der Waals surface area contributed by atoms with Crippen molar-refractivity contribution in [3.63, 3.8) is 0 Å². The average Bonchev–Trinajstić information content (AvgIpc) is 2.40. The Morgan fingerprint density at radius 3 is 1.89 bits per heavy atom. The van der Waals surface area contributed by atoms with Gasteiger partial charge in [-0.05, 0) is 19.9 Å². The highest BCUT2D eigenvalue weighted by Crippen LogP contribution is 2.17. The van der Waals surface area contributed by atoms with Crippen LogP contribution in [-0.2, 0) is 9.47 Å². The van der Waals surface area contributed by atoms with Gasteiger partial charge in [-0.2, -0.15) is 0 Å². The number of pyridine rings is 1. The molecule has 1 heterocycles. The number of nitrogens with zero attached hydrogens (tertiary/aromatic N) is 3. The first-order valence-electron chi connectivity index (χ1n) is 5.40. The van der Waals surface area contributed by atoms with Gasteiger partial charge in [0.05, 0.1) is 36.3 Å². The van der Waals surface area contributed by atoms with Crippen molar-refractivity contribution >= 4 is 24.2 Å². The second-order valence-corrected chi connectivity index (χ2v) is 3.08. The van der Waals surface area contributed by atoms with Gasteiger partial charge in [0.25, 0.3) is 0 Å². The minimum atomic E-state index is 0.653. The third-order valence-corrected chi connectivity index (χ3v) is 1.66. The van der Waals surface area contributed by atoms with Crippen molar-refractivity contribution in [2.24, 2.45) is 9.98 Å². The van der Waals surface area contributed by atoms with Gasteiger partial charge in [-0.1, -0.05) is 12.2 Å². The van der Waals surface area contributed by atoms with E-state index in [0.29, 0.717) is 11.4 Å². The fraction of sp³-hybridized carbons (Fsp3) is 0.154. The molecule has 0 fully saturated rings. The van der Waals surface area contributed by atoms with Gasteiger partial charge in [0.1, 0.15) is 0 Å². The maximum atomic E-state index is 4.97. The number of hydrogen-bond donors (Lipinski definition) is 0. The van der Waals surface area contributed by atoms with Gasteiger partial charge in [0.2, 0.25) is 0 Å². The lowest BCUT2D eigenvalue weighted by Crippen LogP contribution is -1.78. The highest BCUT2D eigenvalue weighted by atomic mass is 16.5. The van der Waals surface area contributed by atoms with Crippen LogP contribution >= 0.6 is 0 Å². The molecule has 0 radical (unpaired) electrons. The second kappa shape index (κ2) is 8.69. The van der Waals surface area contributed by atoms with E-state index in [2.05, 4.69) is 15.0 Å². The van der Waals surface area contributed by atoms with Gasteiger partial charge < -0.3 is 9.47 Å². The molecule has 0 spiro atoms. The first kappa shape index (κ1) is 13.6. The van der Waals surface area contributed by atoms with E-state index in [-0.39, 0.29) is 0 Å². The van der Waals surface area contributed by atoms with E-state index in [4.69, 9.17) is 9.47 Å². The van der Waals surface area contributed by atoms with Crippen LogP contribution in [0.3, 0.4) is 0 Å².